The second-order valence-electron chi connectivity index (χ2n) is 4.62. The van der Waals surface area contributed by atoms with Gasteiger partial charge in [-0.3, -0.25) is 4.90 Å². The van der Waals surface area contributed by atoms with Crippen molar-refractivity contribution in [2.45, 2.75) is 38.1 Å². The van der Waals surface area contributed by atoms with Crippen LogP contribution >= 0.6 is 0 Å². The molecule has 0 aromatic rings. The monoisotopic (exact) mass is 208 g/mol. The average Bonchev–Trinajstić information content (AvgIpc) is 2.33. The van der Waals surface area contributed by atoms with Gasteiger partial charge in [0.1, 0.15) is 6.04 Å². The zero-order chi connectivity index (χ0) is 10.5. The van der Waals surface area contributed by atoms with E-state index in [1.807, 2.05) is 0 Å². The first-order valence-electron chi connectivity index (χ1n) is 6.13. The van der Waals surface area contributed by atoms with E-state index in [0.29, 0.717) is 5.92 Å². The van der Waals surface area contributed by atoms with Crippen LogP contribution in [-0.4, -0.2) is 37.2 Å². The SMILES string of the molecule is N#C[C@H](C1CCCCC1)N1CCOCC1. The van der Waals surface area contributed by atoms with Crippen LogP contribution in [0.2, 0.25) is 0 Å². The van der Waals surface area contributed by atoms with Gasteiger partial charge in [-0.25, -0.2) is 0 Å². The summed E-state index contributed by atoms with van der Waals surface area (Å²) in [5.41, 5.74) is 0. The van der Waals surface area contributed by atoms with E-state index in [0.717, 1.165) is 26.3 Å². The molecule has 0 N–H and O–H groups in total. The van der Waals surface area contributed by atoms with Crippen LogP contribution in [0.1, 0.15) is 32.1 Å². The largest absolute Gasteiger partial charge is 0.379 e. The summed E-state index contributed by atoms with van der Waals surface area (Å²) in [6.07, 6.45) is 6.48. The van der Waals surface area contributed by atoms with Gasteiger partial charge in [0.25, 0.3) is 0 Å². The van der Waals surface area contributed by atoms with Gasteiger partial charge in [-0.1, -0.05) is 19.3 Å². The number of ether oxygens (including phenoxy) is 1. The quantitative estimate of drug-likeness (QED) is 0.694. The molecule has 1 aliphatic heterocycles. The van der Waals surface area contributed by atoms with Crippen LogP contribution in [0.4, 0.5) is 0 Å². The van der Waals surface area contributed by atoms with E-state index >= 15 is 0 Å². The summed E-state index contributed by atoms with van der Waals surface area (Å²) in [4.78, 5) is 2.32. The molecule has 2 fully saturated rings. The molecule has 0 spiro atoms. The van der Waals surface area contributed by atoms with Gasteiger partial charge in [-0.05, 0) is 18.8 Å². The standard InChI is InChI=1S/C12H20N2O/c13-10-12(11-4-2-1-3-5-11)14-6-8-15-9-7-14/h11-12H,1-9H2/t12-/m1/s1. The van der Waals surface area contributed by atoms with E-state index in [4.69, 9.17) is 4.74 Å². The third kappa shape index (κ3) is 2.70. The molecule has 0 bridgehead atoms. The Kier molecular flexibility index (Phi) is 3.99. The smallest absolute Gasteiger partial charge is 0.101 e. The topological polar surface area (TPSA) is 36.3 Å². The van der Waals surface area contributed by atoms with Gasteiger partial charge in [-0.15, -0.1) is 0 Å². The van der Waals surface area contributed by atoms with Gasteiger partial charge in [-0.2, -0.15) is 5.26 Å². The van der Waals surface area contributed by atoms with Gasteiger partial charge in [0.2, 0.25) is 0 Å². The number of hydrogen-bond donors (Lipinski definition) is 0. The van der Waals surface area contributed by atoms with E-state index in [2.05, 4.69) is 11.0 Å². The molecule has 0 aromatic heterocycles. The fraction of sp³-hybridized carbons (Fsp3) is 0.917. The summed E-state index contributed by atoms with van der Waals surface area (Å²) in [7, 11) is 0. The van der Waals surface area contributed by atoms with Crippen molar-refractivity contribution in [3.8, 4) is 6.07 Å². The van der Waals surface area contributed by atoms with E-state index in [1.165, 1.54) is 32.1 Å². The lowest BCUT2D eigenvalue weighted by Crippen LogP contribution is -2.46. The van der Waals surface area contributed by atoms with Gasteiger partial charge in [0, 0.05) is 13.1 Å². The summed E-state index contributed by atoms with van der Waals surface area (Å²) in [5.74, 6) is 0.613. The molecule has 1 aliphatic carbocycles. The Bertz CT molecular complexity index is 206. The van der Waals surface area contributed by atoms with E-state index in [9.17, 15) is 5.26 Å². The molecule has 0 radical (unpaired) electrons. The molecular formula is C12H20N2O. The molecule has 0 aromatic carbocycles. The summed E-state index contributed by atoms with van der Waals surface area (Å²) < 4.78 is 5.33. The Morgan fingerprint density at radius 2 is 1.80 bits per heavy atom. The lowest BCUT2D eigenvalue weighted by Gasteiger charge is -2.36. The highest BCUT2D eigenvalue weighted by molar-refractivity contribution is 4.97. The minimum atomic E-state index is 0.147. The molecule has 84 valence electrons. The lowest BCUT2D eigenvalue weighted by atomic mass is 9.83. The zero-order valence-corrected chi connectivity index (χ0v) is 9.32. The van der Waals surface area contributed by atoms with Crippen molar-refractivity contribution in [3.63, 3.8) is 0 Å². The maximum absolute atomic E-state index is 9.30. The van der Waals surface area contributed by atoms with Crippen molar-refractivity contribution in [2.75, 3.05) is 26.3 Å². The fourth-order valence-corrected chi connectivity index (χ4v) is 2.79. The lowest BCUT2D eigenvalue weighted by molar-refractivity contribution is 0.0121. The van der Waals surface area contributed by atoms with E-state index in [1.54, 1.807) is 0 Å². The number of hydrogen-bond acceptors (Lipinski definition) is 3. The minimum absolute atomic E-state index is 0.147. The maximum atomic E-state index is 9.30. The molecule has 3 heteroatoms. The molecule has 0 amide bonds. The summed E-state index contributed by atoms with van der Waals surface area (Å²) in [5, 5.41) is 9.30. The molecule has 1 saturated carbocycles. The molecule has 1 saturated heterocycles. The Morgan fingerprint density at radius 3 is 2.40 bits per heavy atom. The van der Waals surface area contributed by atoms with Crippen molar-refractivity contribution in [2.24, 2.45) is 5.92 Å². The predicted octanol–water partition coefficient (Wildman–Crippen LogP) is 1.79. The van der Waals surface area contributed by atoms with Crippen molar-refractivity contribution < 1.29 is 4.74 Å². The molecule has 0 unspecified atom stereocenters. The first kappa shape index (κ1) is 10.9. The maximum Gasteiger partial charge on any atom is 0.101 e. The second-order valence-corrected chi connectivity index (χ2v) is 4.62. The van der Waals surface area contributed by atoms with Crippen LogP contribution < -0.4 is 0 Å². The Balaban J connectivity index is 1.92. The average molecular weight is 208 g/mol. The second kappa shape index (κ2) is 5.48. The molecule has 1 heterocycles. The first-order valence-corrected chi connectivity index (χ1v) is 6.13. The number of morpholine rings is 1. The van der Waals surface area contributed by atoms with Crippen LogP contribution in [0, 0.1) is 17.2 Å². The molecular weight excluding hydrogens is 188 g/mol. The molecule has 2 aliphatic rings. The van der Waals surface area contributed by atoms with Crippen LogP contribution in [0.25, 0.3) is 0 Å². The highest BCUT2D eigenvalue weighted by Crippen LogP contribution is 2.29. The van der Waals surface area contributed by atoms with E-state index in [-0.39, 0.29) is 6.04 Å². The summed E-state index contributed by atoms with van der Waals surface area (Å²) in [6, 6.07) is 2.66. The van der Waals surface area contributed by atoms with Crippen molar-refractivity contribution in [1.29, 1.82) is 5.26 Å². The van der Waals surface area contributed by atoms with Gasteiger partial charge in [0.15, 0.2) is 0 Å². The van der Waals surface area contributed by atoms with Crippen molar-refractivity contribution in [3.05, 3.63) is 0 Å². The van der Waals surface area contributed by atoms with E-state index < -0.39 is 0 Å². The Labute approximate surface area is 92.0 Å². The third-order valence-corrected chi connectivity index (χ3v) is 3.67. The fourth-order valence-electron chi connectivity index (χ4n) is 2.79. The van der Waals surface area contributed by atoms with Crippen molar-refractivity contribution in [1.82, 2.24) is 4.90 Å². The third-order valence-electron chi connectivity index (χ3n) is 3.67. The highest BCUT2D eigenvalue weighted by Gasteiger charge is 2.29. The predicted molar refractivity (Wildman–Crippen MR) is 58.4 cm³/mol. The van der Waals surface area contributed by atoms with Crippen LogP contribution in [0.15, 0.2) is 0 Å². The normalized spacial score (nSPS) is 27.1. The number of nitrogens with zero attached hydrogens (tertiary/aromatic N) is 2. The van der Waals surface area contributed by atoms with Gasteiger partial charge in [0.05, 0.1) is 19.3 Å². The Hall–Kier alpha value is -0.590. The summed E-state index contributed by atoms with van der Waals surface area (Å²) >= 11 is 0. The minimum Gasteiger partial charge on any atom is -0.379 e. The highest BCUT2D eigenvalue weighted by atomic mass is 16.5. The summed E-state index contributed by atoms with van der Waals surface area (Å²) in [6.45, 7) is 3.47. The molecule has 3 nitrogen and oxygen atoms in total. The molecule has 15 heavy (non-hydrogen) atoms. The van der Waals surface area contributed by atoms with Gasteiger partial charge < -0.3 is 4.74 Å². The number of rotatable bonds is 2. The number of nitriles is 1. The Morgan fingerprint density at radius 1 is 1.13 bits per heavy atom. The van der Waals surface area contributed by atoms with Crippen molar-refractivity contribution >= 4 is 0 Å². The molecule has 2 rings (SSSR count). The van der Waals surface area contributed by atoms with Crippen LogP contribution in [0.5, 0.6) is 0 Å². The zero-order valence-electron chi connectivity index (χ0n) is 9.32. The molecule has 1 atom stereocenters. The van der Waals surface area contributed by atoms with Crippen LogP contribution in [0.3, 0.4) is 0 Å². The van der Waals surface area contributed by atoms with Crippen LogP contribution in [-0.2, 0) is 4.74 Å². The van der Waals surface area contributed by atoms with Gasteiger partial charge >= 0.3 is 0 Å². The first-order chi connectivity index (χ1) is 7.42.